The first kappa shape index (κ1) is 8.86. The summed E-state index contributed by atoms with van der Waals surface area (Å²) in [5, 5.41) is 4.76. The zero-order valence-electron chi connectivity index (χ0n) is 4.94. The van der Waals surface area contributed by atoms with Crippen molar-refractivity contribution in [3.8, 4) is 0 Å². The molecule has 0 aromatic rings. The molecule has 9 heavy (non-hydrogen) atoms. The molecule has 2 amide bonds. The Bertz CT molecular complexity index is 121. The second-order valence-corrected chi connectivity index (χ2v) is 1.51. The number of rotatable bonds is 0. The van der Waals surface area contributed by atoms with Crippen molar-refractivity contribution in [3.63, 3.8) is 0 Å². The molecule has 50 valence electrons. The third-order valence-corrected chi connectivity index (χ3v) is 0.902. The van der Waals surface area contributed by atoms with Crippen molar-refractivity contribution in [2.24, 2.45) is 0 Å². The van der Waals surface area contributed by atoms with Crippen molar-refractivity contribution in [1.82, 2.24) is 10.6 Å². The zero-order valence-corrected chi connectivity index (χ0v) is 10.4. The molecule has 1 aliphatic rings. The van der Waals surface area contributed by atoms with Crippen LogP contribution in [0.15, 0.2) is 0 Å². The van der Waals surface area contributed by atoms with Gasteiger partial charge in [-0.05, 0) is 0 Å². The van der Waals surface area contributed by atoms with E-state index in [0.717, 1.165) is 0 Å². The quantitative estimate of drug-likeness (QED) is 0.377. The first-order valence-corrected chi connectivity index (χ1v) is 2.37. The fraction of sp³-hybridized carbons (Fsp3) is 0.500. The van der Waals surface area contributed by atoms with Gasteiger partial charge < -0.3 is 10.6 Å². The molecular formula is C4H8N2O2Pb. The summed E-state index contributed by atoms with van der Waals surface area (Å²) in [6.07, 6.45) is 0. The number of nitrogens with one attached hydrogen (secondary N) is 2. The molecule has 4 nitrogen and oxygen atoms in total. The molecule has 0 atom stereocenters. The molecular weight excluding hydrogens is 315 g/mol. The van der Waals surface area contributed by atoms with Crippen molar-refractivity contribution in [3.05, 3.63) is 0 Å². The first-order chi connectivity index (χ1) is 3.80. The number of hydrogen-bond acceptors (Lipinski definition) is 2. The van der Waals surface area contributed by atoms with Gasteiger partial charge in [-0.1, -0.05) is 0 Å². The van der Waals surface area contributed by atoms with Crippen LogP contribution in [-0.2, 0) is 9.59 Å². The summed E-state index contributed by atoms with van der Waals surface area (Å²) < 4.78 is 0. The molecule has 1 aliphatic heterocycles. The molecule has 0 spiro atoms. The van der Waals surface area contributed by atoms with Gasteiger partial charge in [0, 0.05) is 13.1 Å². The summed E-state index contributed by atoms with van der Waals surface area (Å²) in [7, 11) is 0. The maximum absolute atomic E-state index is 10.3. The van der Waals surface area contributed by atoms with Gasteiger partial charge in [0.25, 0.3) is 0 Å². The van der Waals surface area contributed by atoms with Crippen LogP contribution in [0.3, 0.4) is 0 Å². The SMILES string of the molecule is O=C1NCCNC1=O.[PbH2]. The predicted molar refractivity (Wildman–Crippen MR) is 34.6 cm³/mol. The summed E-state index contributed by atoms with van der Waals surface area (Å²) in [5.74, 6) is -1.06. The molecule has 2 N–H and O–H groups in total. The van der Waals surface area contributed by atoms with E-state index in [9.17, 15) is 9.59 Å². The normalized spacial score (nSPS) is 17.3. The Balaban J connectivity index is 0.000000640. The Morgan fingerprint density at radius 2 is 1.33 bits per heavy atom. The van der Waals surface area contributed by atoms with Gasteiger partial charge in [-0.3, -0.25) is 9.59 Å². The Morgan fingerprint density at radius 3 is 1.56 bits per heavy atom. The maximum atomic E-state index is 10.3. The van der Waals surface area contributed by atoms with Crippen LogP contribution in [0, 0.1) is 0 Å². The molecule has 0 aromatic carbocycles. The average molecular weight is 323 g/mol. The summed E-state index contributed by atoms with van der Waals surface area (Å²) in [4.78, 5) is 20.5. The van der Waals surface area contributed by atoms with Crippen molar-refractivity contribution in [2.45, 2.75) is 0 Å². The molecule has 1 saturated heterocycles. The van der Waals surface area contributed by atoms with Crippen molar-refractivity contribution in [1.29, 1.82) is 0 Å². The van der Waals surface area contributed by atoms with Crippen LogP contribution in [-0.4, -0.2) is 52.2 Å². The van der Waals surface area contributed by atoms with Gasteiger partial charge in [0.05, 0.1) is 0 Å². The summed E-state index contributed by atoms with van der Waals surface area (Å²) in [5.41, 5.74) is 0. The third kappa shape index (κ3) is 2.29. The van der Waals surface area contributed by atoms with Crippen LogP contribution in [0.2, 0.25) is 0 Å². The van der Waals surface area contributed by atoms with E-state index in [4.69, 9.17) is 0 Å². The van der Waals surface area contributed by atoms with E-state index in [2.05, 4.69) is 10.6 Å². The monoisotopic (exact) mass is 324 g/mol. The molecule has 0 aromatic heterocycles. The van der Waals surface area contributed by atoms with E-state index >= 15 is 0 Å². The van der Waals surface area contributed by atoms with Crippen LogP contribution in [0.1, 0.15) is 0 Å². The minimum atomic E-state index is -0.531. The molecule has 1 rings (SSSR count). The van der Waals surface area contributed by atoms with Gasteiger partial charge in [-0.2, -0.15) is 0 Å². The topological polar surface area (TPSA) is 58.2 Å². The Morgan fingerprint density at radius 1 is 1.00 bits per heavy atom. The number of carbonyl (C=O) groups excluding carboxylic acids is 2. The van der Waals surface area contributed by atoms with Crippen LogP contribution >= 0.6 is 0 Å². The Labute approximate surface area is 72.5 Å². The molecule has 0 unspecified atom stereocenters. The van der Waals surface area contributed by atoms with Crippen molar-refractivity contribution in [2.75, 3.05) is 13.1 Å². The number of hydrogen-bond donors (Lipinski definition) is 2. The van der Waals surface area contributed by atoms with E-state index in [0.29, 0.717) is 13.1 Å². The fourth-order valence-corrected chi connectivity index (χ4v) is 0.513. The third-order valence-electron chi connectivity index (χ3n) is 0.902. The van der Waals surface area contributed by atoms with E-state index in [1.54, 1.807) is 0 Å². The summed E-state index contributed by atoms with van der Waals surface area (Å²) in [6.45, 7) is 1.09. The standard InChI is InChI=1S/C4H6N2O2.Pb.2H/c7-3-4(8)6-2-1-5-3;;;/h1-2H2,(H,5,7)(H,6,8);;;. The fourth-order valence-electron chi connectivity index (χ4n) is 0.513. The van der Waals surface area contributed by atoms with E-state index in [1.807, 2.05) is 0 Å². The average Bonchev–Trinajstić information content (AvgIpc) is 1.77. The second-order valence-electron chi connectivity index (χ2n) is 1.51. The Hall–Kier alpha value is -0.138. The van der Waals surface area contributed by atoms with Gasteiger partial charge in [-0.15, -0.1) is 0 Å². The predicted octanol–water partition coefficient (Wildman–Crippen LogP) is -2.68. The van der Waals surface area contributed by atoms with Gasteiger partial charge in [-0.25, -0.2) is 0 Å². The Kier molecular flexibility index (Phi) is 3.75. The van der Waals surface area contributed by atoms with Crippen LogP contribution in [0.25, 0.3) is 0 Å². The molecule has 0 bridgehead atoms. The van der Waals surface area contributed by atoms with Crippen LogP contribution in [0.4, 0.5) is 0 Å². The van der Waals surface area contributed by atoms with Crippen LogP contribution < -0.4 is 10.6 Å². The number of piperazine rings is 1. The molecule has 1 heterocycles. The van der Waals surface area contributed by atoms with Gasteiger partial charge >= 0.3 is 39.1 Å². The molecule has 1 fully saturated rings. The molecule has 5 heteroatoms. The number of amides is 2. The summed E-state index contributed by atoms with van der Waals surface area (Å²) >= 11 is 0. The number of carbonyl (C=O) groups is 2. The van der Waals surface area contributed by atoms with Gasteiger partial charge in [0.1, 0.15) is 0 Å². The van der Waals surface area contributed by atoms with E-state index in [1.165, 1.54) is 0 Å². The first-order valence-electron chi connectivity index (χ1n) is 2.37. The van der Waals surface area contributed by atoms with E-state index in [-0.39, 0.29) is 27.3 Å². The summed E-state index contributed by atoms with van der Waals surface area (Å²) in [6, 6.07) is 0. The second kappa shape index (κ2) is 3.81. The minimum absolute atomic E-state index is 0. The van der Waals surface area contributed by atoms with Gasteiger partial charge in [0.2, 0.25) is 0 Å². The van der Waals surface area contributed by atoms with Crippen molar-refractivity contribution < 1.29 is 9.59 Å². The molecule has 0 aliphatic carbocycles. The van der Waals surface area contributed by atoms with E-state index < -0.39 is 11.8 Å². The zero-order chi connectivity index (χ0) is 5.98. The molecule has 2 radical (unpaired) electrons. The van der Waals surface area contributed by atoms with Crippen LogP contribution in [0.5, 0.6) is 0 Å². The van der Waals surface area contributed by atoms with Gasteiger partial charge in [0.15, 0.2) is 0 Å². The molecule has 0 saturated carbocycles. The van der Waals surface area contributed by atoms with Crippen molar-refractivity contribution >= 4 is 39.1 Å².